The molecule has 1 atom stereocenters. The Morgan fingerprint density at radius 2 is 2.07 bits per heavy atom. The molecule has 2 aromatic carbocycles. The minimum atomic E-state index is -0.243. The van der Waals surface area contributed by atoms with Crippen LogP contribution in [-0.4, -0.2) is 36.4 Å². The van der Waals surface area contributed by atoms with Crippen LogP contribution in [0.4, 0.5) is 17.1 Å². The lowest BCUT2D eigenvalue weighted by molar-refractivity contribution is -0.118. The molecule has 1 aromatic heterocycles. The van der Waals surface area contributed by atoms with E-state index in [1.807, 2.05) is 61.3 Å². The average molecular weight is 409 g/mol. The number of carbonyl (C=O) groups is 2. The van der Waals surface area contributed by atoms with Gasteiger partial charge in [0.1, 0.15) is 0 Å². The minimum Gasteiger partial charge on any atom is -0.365 e. The lowest BCUT2D eigenvalue weighted by atomic mass is 10.1. The number of halogens is 1. The first-order chi connectivity index (χ1) is 13.9. The van der Waals surface area contributed by atoms with Crippen LogP contribution >= 0.6 is 11.6 Å². The van der Waals surface area contributed by atoms with Crippen molar-refractivity contribution in [2.45, 2.75) is 19.4 Å². The Kier molecular flexibility index (Phi) is 5.11. The largest absolute Gasteiger partial charge is 0.365 e. The van der Waals surface area contributed by atoms with Crippen molar-refractivity contribution >= 4 is 51.4 Å². The average Bonchev–Trinajstić information content (AvgIpc) is 2.81. The summed E-state index contributed by atoms with van der Waals surface area (Å²) in [5.41, 5.74) is 3.04. The van der Waals surface area contributed by atoms with Crippen LogP contribution in [-0.2, 0) is 9.59 Å². The second-order valence-corrected chi connectivity index (χ2v) is 7.67. The Balaban J connectivity index is 1.65. The first kappa shape index (κ1) is 19.2. The minimum absolute atomic E-state index is 0.0807. The number of benzene rings is 2. The Labute approximate surface area is 174 Å². The van der Waals surface area contributed by atoms with Crippen LogP contribution < -0.4 is 15.1 Å². The van der Waals surface area contributed by atoms with Gasteiger partial charge in [-0.15, -0.1) is 0 Å². The summed E-state index contributed by atoms with van der Waals surface area (Å²) in [6.07, 6.45) is 1.96. The summed E-state index contributed by atoms with van der Waals surface area (Å²) in [7, 11) is 1.87. The van der Waals surface area contributed by atoms with E-state index >= 15 is 0 Å². The maximum Gasteiger partial charge on any atom is 0.246 e. The summed E-state index contributed by atoms with van der Waals surface area (Å²) < 4.78 is 0. The molecule has 0 fully saturated rings. The molecule has 0 saturated heterocycles. The number of nitrogens with one attached hydrogen (secondary N) is 1. The molecular weight excluding hydrogens is 388 g/mol. The Bertz CT molecular complexity index is 1100. The Morgan fingerprint density at radius 1 is 1.28 bits per heavy atom. The Hall–Kier alpha value is -3.12. The number of carbonyl (C=O) groups excluding carboxylic acids is 2. The standard InChI is InChI=1S/C22H21ClN4O2/c1-14-11-21(28)25-17-5-3-4-6-20(17)27(14)22(29)13-26(2)19-9-10-24-18-12-15(23)7-8-16(18)19/h3-10,12,14H,11,13H2,1-2H3,(H,25,28)/t14-/m1/s1. The zero-order chi connectivity index (χ0) is 20.5. The third-order valence-electron chi connectivity index (χ3n) is 5.09. The molecule has 0 spiro atoms. The molecule has 1 aliphatic rings. The van der Waals surface area contributed by atoms with Crippen molar-refractivity contribution in [3.05, 3.63) is 59.8 Å². The van der Waals surface area contributed by atoms with E-state index in [1.54, 1.807) is 17.2 Å². The quantitative estimate of drug-likeness (QED) is 0.708. The first-order valence-electron chi connectivity index (χ1n) is 9.40. The highest BCUT2D eigenvalue weighted by atomic mass is 35.5. The van der Waals surface area contributed by atoms with Crippen LogP contribution in [0.5, 0.6) is 0 Å². The highest BCUT2D eigenvalue weighted by molar-refractivity contribution is 6.31. The number of nitrogens with zero attached hydrogens (tertiary/aromatic N) is 3. The maximum atomic E-state index is 13.3. The second kappa shape index (κ2) is 7.72. The van der Waals surface area contributed by atoms with E-state index in [9.17, 15) is 9.59 Å². The van der Waals surface area contributed by atoms with Crippen LogP contribution in [0.25, 0.3) is 10.9 Å². The van der Waals surface area contributed by atoms with E-state index < -0.39 is 0 Å². The van der Waals surface area contributed by atoms with Crippen LogP contribution in [0.1, 0.15) is 13.3 Å². The molecule has 6 nitrogen and oxygen atoms in total. The molecule has 0 radical (unpaired) electrons. The normalized spacial score (nSPS) is 16.2. The fourth-order valence-corrected chi connectivity index (χ4v) is 3.94. The van der Waals surface area contributed by atoms with Gasteiger partial charge in [0.25, 0.3) is 0 Å². The van der Waals surface area contributed by atoms with Crippen molar-refractivity contribution in [3.63, 3.8) is 0 Å². The number of aromatic nitrogens is 1. The van der Waals surface area contributed by atoms with Gasteiger partial charge in [-0.25, -0.2) is 0 Å². The molecule has 0 bridgehead atoms. The van der Waals surface area contributed by atoms with Crippen LogP contribution in [0, 0.1) is 0 Å². The third kappa shape index (κ3) is 3.76. The molecule has 0 saturated carbocycles. The summed E-state index contributed by atoms with van der Waals surface area (Å²) >= 11 is 6.08. The zero-order valence-electron chi connectivity index (χ0n) is 16.2. The predicted octanol–water partition coefficient (Wildman–Crippen LogP) is 4.09. The molecule has 2 amide bonds. The van der Waals surface area contributed by atoms with Gasteiger partial charge < -0.3 is 15.1 Å². The van der Waals surface area contributed by atoms with Gasteiger partial charge in [-0.3, -0.25) is 14.6 Å². The van der Waals surface area contributed by atoms with Gasteiger partial charge in [0.2, 0.25) is 11.8 Å². The number of pyridine rings is 1. The SMILES string of the molecule is C[C@@H]1CC(=O)Nc2ccccc2N1C(=O)CN(C)c1ccnc2cc(Cl)ccc12. The predicted molar refractivity (Wildman–Crippen MR) is 117 cm³/mol. The monoisotopic (exact) mass is 408 g/mol. The number of amides is 2. The first-order valence-corrected chi connectivity index (χ1v) is 9.78. The molecule has 3 aromatic rings. The van der Waals surface area contributed by atoms with E-state index in [0.29, 0.717) is 10.7 Å². The number of hydrogen-bond donors (Lipinski definition) is 1. The zero-order valence-corrected chi connectivity index (χ0v) is 17.0. The molecule has 7 heteroatoms. The van der Waals surface area contributed by atoms with Gasteiger partial charge in [0.05, 0.1) is 23.4 Å². The third-order valence-corrected chi connectivity index (χ3v) is 5.33. The number of rotatable bonds is 3. The highest BCUT2D eigenvalue weighted by Crippen LogP contribution is 2.32. The number of likely N-dealkylation sites (N-methyl/N-ethyl adjacent to an activating group) is 1. The molecule has 148 valence electrons. The topological polar surface area (TPSA) is 65.5 Å². The summed E-state index contributed by atoms with van der Waals surface area (Å²) in [4.78, 5) is 33.5. The molecule has 1 aliphatic heterocycles. The Morgan fingerprint density at radius 3 is 2.90 bits per heavy atom. The van der Waals surface area contributed by atoms with Gasteiger partial charge in [0, 0.05) is 41.8 Å². The molecule has 4 rings (SSSR count). The van der Waals surface area contributed by atoms with Crippen LogP contribution in [0.15, 0.2) is 54.7 Å². The fourth-order valence-electron chi connectivity index (χ4n) is 3.77. The van der Waals surface area contributed by atoms with Crippen LogP contribution in [0.3, 0.4) is 0 Å². The summed E-state index contributed by atoms with van der Waals surface area (Å²) in [5.74, 6) is -0.173. The molecule has 29 heavy (non-hydrogen) atoms. The number of fused-ring (bicyclic) bond motifs is 2. The fraction of sp³-hybridized carbons (Fsp3) is 0.227. The van der Waals surface area contributed by atoms with E-state index in [-0.39, 0.29) is 30.8 Å². The van der Waals surface area contributed by atoms with Gasteiger partial charge in [-0.1, -0.05) is 23.7 Å². The van der Waals surface area contributed by atoms with Crippen LogP contribution in [0.2, 0.25) is 5.02 Å². The highest BCUT2D eigenvalue weighted by Gasteiger charge is 2.30. The van der Waals surface area contributed by atoms with Gasteiger partial charge in [0.15, 0.2) is 0 Å². The molecule has 0 unspecified atom stereocenters. The van der Waals surface area contributed by atoms with Crippen molar-refractivity contribution < 1.29 is 9.59 Å². The van der Waals surface area contributed by atoms with E-state index in [2.05, 4.69) is 10.3 Å². The van der Waals surface area contributed by atoms with Gasteiger partial charge in [-0.05, 0) is 43.3 Å². The number of anilines is 3. The number of para-hydroxylation sites is 2. The smallest absolute Gasteiger partial charge is 0.246 e. The van der Waals surface area contributed by atoms with Gasteiger partial charge >= 0.3 is 0 Å². The van der Waals surface area contributed by atoms with E-state index in [4.69, 9.17) is 11.6 Å². The van der Waals surface area contributed by atoms with E-state index in [0.717, 1.165) is 22.3 Å². The van der Waals surface area contributed by atoms with Crippen molar-refractivity contribution in [1.29, 1.82) is 0 Å². The summed E-state index contributed by atoms with van der Waals surface area (Å²) in [5, 5.41) is 4.43. The summed E-state index contributed by atoms with van der Waals surface area (Å²) in [6, 6.07) is 14.6. The van der Waals surface area contributed by atoms with Crippen molar-refractivity contribution in [2.75, 3.05) is 28.7 Å². The summed E-state index contributed by atoms with van der Waals surface area (Å²) in [6.45, 7) is 2.05. The number of hydrogen-bond acceptors (Lipinski definition) is 4. The van der Waals surface area contributed by atoms with E-state index in [1.165, 1.54) is 0 Å². The molecule has 0 aliphatic carbocycles. The lowest BCUT2D eigenvalue weighted by Gasteiger charge is -2.30. The molecule has 2 heterocycles. The van der Waals surface area contributed by atoms with Crippen molar-refractivity contribution in [1.82, 2.24) is 4.98 Å². The van der Waals surface area contributed by atoms with Gasteiger partial charge in [-0.2, -0.15) is 0 Å². The molecule has 1 N–H and O–H groups in total. The lowest BCUT2D eigenvalue weighted by Crippen LogP contribution is -2.44. The molecular formula is C22H21ClN4O2. The van der Waals surface area contributed by atoms with Crippen molar-refractivity contribution in [2.24, 2.45) is 0 Å². The van der Waals surface area contributed by atoms with Crippen molar-refractivity contribution in [3.8, 4) is 0 Å². The maximum absolute atomic E-state index is 13.3. The second-order valence-electron chi connectivity index (χ2n) is 7.23.